The molecule has 0 radical (unpaired) electrons. The van der Waals surface area contributed by atoms with Crippen LogP contribution in [0.25, 0.3) is 4.96 Å². The monoisotopic (exact) mass is 397 g/mol. The van der Waals surface area contributed by atoms with E-state index in [0.29, 0.717) is 12.2 Å². The van der Waals surface area contributed by atoms with Gasteiger partial charge in [0, 0.05) is 5.75 Å². The number of ether oxygens (including phenoxy) is 1. The van der Waals surface area contributed by atoms with Crippen molar-refractivity contribution in [3.8, 4) is 5.75 Å². The van der Waals surface area contributed by atoms with E-state index in [-0.39, 0.29) is 6.04 Å². The maximum atomic E-state index is 6.36. The zero-order valence-electron chi connectivity index (χ0n) is 14.8. The van der Waals surface area contributed by atoms with Crippen LogP contribution in [0.5, 0.6) is 5.75 Å². The normalized spacial score (nSPS) is 12.4. The fraction of sp³-hybridized carbons (Fsp3) is 0.211. The first-order valence-corrected chi connectivity index (χ1v) is 10.3. The molecule has 2 aromatic heterocycles. The van der Waals surface area contributed by atoms with E-state index in [1.807, 2.05) is 36.4 Å². The summed E-state index contributed by atoms with van der Waals surface area (Å²) >= 11 is 3.20. The van der Waals surface area contributed by atoms with Gasteiger partial charge in [0.2, 0.25) is 4.96 Å². The van der Waals surface area contributed by atoms with Gasteiger partial charge in [0.05, 0.1) is 13.2 Å². The molecule has 138 valence electrons. The van der Waals surface area contributed by atoms with Crippen LogP contribution in [-0.4, -0.2) is 26.9 Å². The second-order valence-corrected chi connectivity index (χ2v) is 8.24. The molecular weight excluding hydrogens is 378 g/mol. The summed E-state index contributed by atoms with van der Waals surface area (Å²) in [6.45, 7) is 0. The molecule has 0 fully saturated rings. The summed E-state index contributed by atoms with van der Waals surface area (Å²) in [6.07, 6.45) is 0.700. The number of rotatable bonds is 7. The van der Waals surface area contributed by atoms with E-state index in [1.165, 1.54) is 22.5 Å². The van der Waals surface area contributed by atoms with Crippen molar-refractivity contribution in [2.75, 3.05) is 7.11 Å². The Bertz CT molecular complexity index is 1030. The highest BCUT2D eigenvalue weighted by Crippen LogP contribution is 2.29. The van der Waals surface area contributed by atoms with Crippen LogP contribution >= 0.6 is 23.1 Å². The van der Waals surface area contributed by atoms with E-state index in [9.17, 15) is 0 Å². The van der Waals surface area contributed by atoms with Gasteiger partial charge >= 0.3 is 0 Å². The number of nitrogens with zero attached hydrogens (tertiary/aromatic N) is 4. The Balaban J connectivity index is 1.48. The largest absolute Gasteiger partial charge is 0.497 e. The van der Waals surface area contributed by atoms with Crippen LogP contribution in [0.2, 0.25) is 0 Å². The molecule has 0 aliphatic heterocycles. The molecule has 0 aliphatic carbocycles. The number of benzene rings is 2. The molecule has 0 amide bonds. The van der Waals surface area contributed by atoms with E-state index < -0.39 is 0 Å². The molecule has 0 aliphatic rings. The molecule has 2 aromatic carbocycles. The maximum Gasteiger partial charge on any atom is 0.235 e. The Morgan fingerprint density at radius 2 is 1.93 bits per heavy atom. The predicted octanol–water partition coefficient (Wildman–Crippen LogP) is 3.73. The van der Waals surface area contributed by atoms with Gasteiger partial charge in [-0.05, 0) is 29.7 Å². The van der Waals surface area contributed by atoms with Gasteiger partial charge in [-0.25, -0.2) is 0 Å². The van der Waals surface area contributed by atoms with Crippen LogP contribution in [0.4, 0.5) is 0 Å². The summed E-state index contributed by atoms with van der Waals surface area (Å²) in [4.78, 5) is 0.765. The Labute approximate surface area is 165 Å². The fourth-order valence-electron chi connectivity index (χ4n) is 2.77. The fourth-order valence-corrected chi connectivity index (χ4v) is 4.60. The van der Waals surface area contributed by atoms with Crippen molar-refractivity contribution < 1.29 is 4.74 Å². The maximum absolute atomic E-state index is 6.36. The zero-order valence-corrected chi connectivity index (χ0v) is 16.4. The molecular formula is C19H19N5OS2. The minimum absolute atomic E-state index is 0.249. The zero-order chi connectivity index (χ0) is 18.6. The molecule has 6 nitrogen and oxygen atoms in total. The summed E-state index contributed by atoms with van der Waals surface area (Å²) in [5, 5.41) is 13.1. The highest BCUT2D eigenvalue weighted by Gasteiger charge is 2.18. The average Bonchev–Trinajstić information content (AvgIpc) is 3.27. The second-order valence-electron chi connectivity index (χ2n) is 6.06. The van der Waals surface area contributed by atoms with Gasteiger partial charge in [0.1, 0.15) is 5.75 Å². The van der Waals surface area contributed by atoms with Gasteiger partial charge in [-0.2, -0.15) is 4.52 Å². The molecule has 0 spiro atoms. The molecule has 27 heavy (non-hydrogen) atoms. The number of fused-ring (bicyclic) bond motifs is 1. The van der Waals surface area contributed by atoms with Crippen molar-refractivity contribution in [1.82, 2.24) is 19.8 Å². The van der Waals surface area contributed by atoms with Crippen LogP contribution in [0, 0.1) is 0 Å². The smallest absolute Gasteiger partial charge is 0.235 e. The topological polar surface area (TPSA) is 78.3 Å². The van der Waals surface area contributed by atoms with E-state index in [0.717, 1.165) is 20.8 Å². The third kappa shape index (κ3) is 4.13. The number of hydrogen-bond acceptors (Lipinski definition) is 7. The van der Waals surface area contributed by atoms with Crippen molar-refractivity contribution in [2.24, 2.45) is 5.73 Å². The van der Waals surface area contributed by atoms with Gasteiger partial charge in [-0.1, -0.05) is 65.6 Å². The Hall–Kier alpha value is -2.42. The van der Waals surface area contributed by atoms with Crippen LogP contribution < -0.4 is 10.5 Å². The SMILES string of the molecule is COc1cccc(CSc2nn3c(C(N)Cc4ccccc4)nnc3s2)c1. The first-order valence-electron chi connectivity index (χ1n) is 8.50. The van der Waals surface area contributed by atoms with Crippen molar-refractivity contribution in [3.05, 3.63) is 71.5 Å². The second kappa shape index (κ2) is 8.08. The standard InChI is InChI=1S/C19H19N5OS2/c1-25-15-9-5-8-14(10-15)12-26-19-23-24-17(21-22-18(24)27-19)16(20)11-13-6-3-2-4-7-13/h2-10,16H,11-12,20H2,1H3. The Morgan fingerprint density at radius 1 is 1.11 bits per heavy atom. The lowest BCUT2D eigenvalue weighted by atomic mass is 10.1. The average molecular weight is 398 g/mol. The van der Waals surface area contributed by atoms with E-state index >= 15 is 0 Å². The van der Waals surface area contributed by atoms with E-state index in [4.69, 9.17) is 10.5 Å². The highest BCUT2D eigenvalue weighted by atomic mass is 32.2. The lowest BCUT2D eigenvalue weighted by Crippen LogP contribution is -2.17. The quantitative estimate of drug-likeness (QED) is 0.479. The number of thioether (sulfide) groups is 1. The number of aromatic nitrogens is 4. The van der Waals surface area contributed by atoms with Crippen LogP contribution in [0.3, 0.4) is 0 Å². The first-order chi connectivity index (χ1) is 13.2. The molecule has 8 heteroatoms. The lowest BCUT2D eigenvalue weighted by Gasteiger charge is -2.08. The first kappa shape index (κ1) is 18.0. The summed E-state index contributed by atoms with van der Waals surface area (Å²) in [7, 11) is 1.68. The van der Waals surface area contributed by atoms with Crippen LogP contribution in [-0.2, 0) is 12.2 Å². The molecule has 0 saturated carbocycles. The van der Waals surface area contributed by atoms with Crippen LogP contribution in [0.1, 0.15) is 23.0 Å². The van der Waals surface area contributed by atoms with Gasteiger partial charge < -0.3 is 10.5 Å². The molecule has 2 heterocycles. The summed E-state index contributed by atoms with van der Waals surface area (Å²) in [6, 6.07) is 18.0. The summed E-state index contributed by atoms with van der Waals surface area (Å²) in [5.74, 6) is 2.37. The van der Waals surface area contributed by atoms with Crippen LogP contribution in [0.15, 0.2) is 58.9 Å². The van der Waals surface area contributed by atoms with E-state index in [1.54, 1.807) is 23.4 Å². The van der Waals surface area contributed by atoms with Gasteiger partial charge in [0.25, 0.3) is 0 Å². The predicted molar refractivity (Wildman–Crippen MR) is 108 cm³/mol. The van der Waals surface area contributed by atoms with Gasteiger partial charge in [-0.15, -0.1) is 15.3 Å². The molecule has 1 unspecified atom stereocenters. The minimum Gasteiger partial charge on any atom is -0.497 e. The van der Waals surface area contributed by atoms with Crippen molar-refractivity contribution >= 4 is 28.1 Å². The highest BCUT2D eigenvalue weighted by molar-refractivity contribution is 8.00. The molecule has 4 rings (SSSR count). The third-order valence-electron chi connectivity index (χ3n) is 4.12. The Morgan fingerprint density at radius 3 is 2.74 bits per heavy atom. The van der Waals surface area contributed by atoms with Gasteiger partial charge in [0.15, 0.2) is 10.2 Å². The minimum atomic E-state index is -0.249. The number of nitrogens with two attached hydrogens (primary N) is 1. The molecule has 2 N–H and O–H groups in total. The van der Waals surface area contributed by atoms with Crippen molar-refractivity contribution in [3.63, 3.8) is 0 Å². The number of hydrogen-bond donors (Lipinski definition) is 1. The van der Waals surface area contributed by atoms with Crippen molar-refractivity contribution in [1.29, 1.82) is 0 Å². The summed E-state index contributed by atoms with van der Waals surface area (Å²) < 4.78 is 7.99. The van der Waals surface area contributed by atoms with Gasteiger partial charge in [-0.3, -0.25) is 0 Å². The number of methoxy groups -OCH3 is 1. The van der Waals surface area contributed by atoms with E-state index in [2.05, 4.69) is 33.5 Å². The molecule has 4 aromatic rings. The third-order valence-corrected chi connectivity index (χ3v) is 6.23. The lowest BCUT2D eigenvalue weighted by molar-refractivity contribution is 0.414. The molecule has 0 bridgehead atoms. The molecule has 1 atom stereocenters. The van der Waals surface area contributed by atoms with Crippen molar-refractivity contribution in [2.45, 2.75) is 22.6 Å². The summed E-state index contributed by atoms with van der Waals surface area (Å²) in [5.41, 5.74) is 8.72. The molecule has 0 saturated heterocycles. The Kier molecular flexibility index (Phi) is 5.38.